The van der Waals surface area contributed by atoms with Crippen molar-refractivity contribution in [2.75, 3.05) is 0 Å². The monoisotopic (exact) mass is 351 g/mol. The highest BCUT2D eigenvalue weighted by Crippen LogP contribution is 2.22. The molecule has 130 valence electrons. The van der Waals surface area contributed by atoms with Crippen molar-refractivity contribution in [2.24, 2.45) is 5.73 Å². The Morgan fingerprint density at radius 3 is 2.62 bits per heavy atom. The minimum atomic E-state index is -0.781. The molecule has 0 aliphatic heterocycles. The molecule has 1 heterocycles. The quantitative estimate of drug-likeness (QED) is 0.428. The van der Waals surface area contributed by atoms with E-state index in [1.807, 2.05) is 12.1 Å². The number of carbonyl (C=O) groups excluding carboxylic acids is 2. The first kappa shape index (κ1) is 17.0. The third-order valence-corrected chi connectivity index (χ3v) is 3.73. The van der Waals surface area contributed by atoms with Gasteiger partial charge >= 0.3 is 5.97 Å². The van der Waals surface area contributed by atoms with Crippen molar-refractivity contribution in [1.82, 2.24) is 4.98 Å². The van der Waals surface area contributed by atoms with Crippen LogP contribution in [0.25, 0.3) is 10.9 Å². The summed E-state index contributed by atoms with van der Waals surface area (Å²) in [6.07, 6.45) is 0. The third-order valence-electron chi connectivity index (χ3n) is 3.73. The van der Waals surface area contributed by atoms with Crippen LogP contribution in [0.3, 0.4) is 0 Å². The molecule has 1 amide bonds. The highest BCUT2D eigenvalue weighted by atomic mass is 16.6. The van der Waals surface area contributed by atoms with E-state index in [2.05, 4.69) is 4.98 Å². The largest absolute Gasteiger partial charge is 0.456 e. The van der Waals surface area contributed by atoms with Gasteiger partial charge in [0.25, 0.3) is 5.69 Å². The zero-order chi connectivity index (χ0) is 18.7. The molecule has 0 fully saturated rings. The lowest BCUT2D eigenvalue weighted by molar-refractivity contribution is -0.385. The van der Waals surface area contributed by atoms with Gasteiger partial charge in [-0.2, -0.15) is 0 Å². The average molecular weight is 351 g/mol. The molecule has 0 atom stereocenters. The molecule has 0 spiro atoms. The fraction of sp³-hybridized carbons (Fsp3) is 0.0556. The first-order chi connectivity index (χ1) is 12.5. The van der Waals surface area contributed by atoms with E-state index >= 15 is 0 Å². The van der Waals surface area contributed by atoms with Gasteiger partial charge in [0.15, 0.2) is 0 Å². The van der Waals surface area contributed by atoms with E-state index in [0.717, 1.165) is 11.5 Å². The maximum Gasteiger partial charge on any atom is 0.357 e. The van der Waals surface area contributed by atoms with E-state index in [0.29, 0.717) is 5.52 Å². The van der Waals surface area contributed by atoms with Crippen molar-refractivity contribution >= 4 is 28.5 Å². The number of carbonyl (C=O) groups is 2. The summed E-state index contributed by atoms with van der Waals surface area (Å²) < 4.78 is 5.13. The fourth-order valence-electron chi connectivity index (χ4n) is 2.41. The van der Waals surface area contributed by atoms with Crippen molar-refractivity contribution in [3.05, 3.63) is 81.5 Å². The molecule has 8 heteroatoms. The summed E-state index contributed by atoms with van der Waals surface area (Å²) in [4.78, 5) is 38.0. The van der Waals surface area contributed by atoms with Gasteiger partial charge in [-0.3, -0.25) is 14.9 Å². The van der Waals surface area contributed by atoms with Gasteiger partial charge in [0.05, 0.1) is 16.0 Å². The number of nitro groups is 1. The first-order valence-electron chi connectivity index (χ1n) is 7.56. The Morgan fingerprint density at radius 2 is 1.88 bits per heavy atom. The Balaban J connectivity index is 1.80. The summed E-state index contributed by atoms with van der Waals surface area (Å²) in [7, 11) is 0. The molecular formula is C18H13N3O5. The Kier molecular flexibility index (Phi) is 4.57. The molecule has 3 aromatic rings. The summed E-state index contributed by atoms with van der Waals surface area (Å²) in [6, 6.07) is 14.3. The molecular weight excluding hydrogens is 338 g/mol. The Labute approximate surface area is 147 Å². The summed E-state index contributed by atoms with van der Waals surface area (Å²) in [5, 5.41) is 12.0. The van der Waals surface area contributed by atoms with E-state index in [-0.39, 0.29) is 29.1 Å². The molecule has 2 aromatic carbocycles. The fourth-order valence-corrected chi connectivity index (χ4v) is 2.41. The second-order valence-electron chi connectivity index (χ2n) is 5.43. The topological polar surface area (TPSA) is 125 Å². The van der Waals surface area contributed by atoms with Crippen LogP contribution in [0, 0.1) is 10.1 Å². The summed E-state index contributed by atoms with van der Waals surface area (Å²) in [6.45, 7) is -0.331. The van der Waals surface area contributed by atoms with Crippen LogP contribution >= 0.6 is 0 Å². The van der Waals surface area contributed by atoms with Crippen LogP contribution in [0.15, 0.2) is 54.6 Å². The number of aromatic nitrogens is 1. The lowest BCUT2D eigenvalue weighted by atomic mass is 10.1. The van der Waals surface area contributed by atoms with Crippen molar-refractivity contribution in [1.29, 1.82) is 0 Å². The van der Waals surface area contributed by atoms with Crippen LogP contribution in [-0.2, 0) is 11.3 Å². The highest BCUT2D eigenvalue weighted by molar-refractivity contribution is 5.93. The number of nitro benzene ring substituents is 1. The molecule has 3 rings (SSSR count). The highest BCUT2D eigenvalue weighted by Gasteiger charge is 2.18. The van der Waals surface area contributed by atoms with Crippen LogP contribution in [-0.4, -0.2) is 21.8 Å². The van der Waals surface area contributed by atoms with Crippen LogP contribution in [0.4, 0.5) is 5.69 Å². The number of pyridine rings is 1. The van der Waals surface area contributed by atoms with Crippen molar-refractivity contribution < 1.29 is 19.2 Å². The molecule has 0 aliphatic carbocycles. The van der Waals surface area contributed by atoms with Crippen molar-refractivity contribution in [3.8, 4) is 0 Å². The number of esters is 1. The number of hydrogen-bond donors (Lipinski definition) is 1. The maximum atomic E-state index is 12.2. The zero-order valence-corrected chi connectivity index (χ0v) is 13.4. The molecule has 26 heavy (non-hydrogen) atoms. The average Bonchev–Trinajstić information content (AvgIpc) is 2.65. The lowest BCUT2D eigenvalue weighted by Gasteiger charge is -2.07. The summed E-state index contributed by atoms with van der Waals surface area (Å²) >= 11 is 0. The number of rotatable bonds is 5. The van der Waals surface area contributed by atoms with Gasteiger partial charge in [-0.05, 0) is 24.3 Å². The molecule has 0 bridgehead atoms. The zero-order valence-electron chi connectivity index (χ0n) is 13.4. The molecule has 0 saturated carbocycles. The predicted molar refractivity (Wildman–Crippen MR) is 92.5 cm³/mol. The number of fused-ring (bicyclic) bond motifs is 1. The second-order valence-corrected chi connectivity index (χ2v) is 5.43. The number of amides is 1. The smallest absolute Gasteiger partial charge is 0.357 e. The molecule has 2 N–H and O–H groups in total. The van der Waals surface area contributed by atoms with Gasteiger partial charge in [0.2, 0.25) is 5.91 Å². The molecule has 0 radical (unpaired) electrons. The van der Waals surface area contributed by atoms with E-state index in [9.17, 15) is 19.7 Å². The number of para-hydroxylation sites is 1. The van der Waals surface area contributed by atoms with Gasteiger partial charge in [-0.15, -0.1) is 0 Å². The predicted octanol–water partition coefficient (Wildman–Crippen LogP) is 2.60. The Morgan fingerprint density at radius 1 is 1.12 bits per heavy atom. The number of nitrogens with zero attached hydrogens (tertiary/aromatic N) is 2. The molecule has 1 aromatic heterocycles. The van der Waals surface area contributed by atoms with Gasteiger partial charge in [0.1, 0.15) is 12.3 Å². The maximum absolute atomic E-state index is 12.2. The van der Waals surface area contributed by atoms with E-state index in [4.69, 9.17) is 10.5 Å². The van der Waals surface area contributed by atoms with E-state index in [1.165, 1.54) is 18.2 Å². The van der Waals surface area contributed by atoms with Crippen LogP contribution in [0.5, 0.6) is 0 Å². The van der Waals surface area contributed by atoms with Crippen LogP contribution in [0.2, 0.25) is 0 Å². The van der Waals surface area contributed by atoms with Gasteiger partial charge in [-0.25, -0.2) is 9.78 Å². The normalized spacial score (nSPS) is 10.5. The molecule has 0 unspecified atom stereocenters. The van der Waals surface area contributed by atoms with Crippen molar-refractivity contribution in [3.63, 3.8) is 0 Å². The SMILES string of the molecule is NC(=O)c1ccc(COC(=O)c2ccc3ccccc3n2)c([N+](=O)[O-])c1. The molecule has 0 saturated heterocycles. The number of ether oxygens (including phenoxy) is 1. The first-order valence-corrected chi connectivity index (χ1v) is 7.56. The van der Waals surface area contributed by atoms with Crippen LogP contribution < -0.4 is 5.73 Å². The number of nitrogens with two attached hydrogens (primary N) is 1. The van der Waals surface area contributed by atoms with Gasteiger partial charge < -0.3 is 10.5 Å². The lowest BCUT2D eigenvalue weighted by Crippen LogP contribution is -2.12. The molecule has 0 aliphatic rings. The van der Waals surface area contributed by atoms with Crippen molar-refractivity contribution in [2.45, 2.75) is 6.61 Å². The minimum absolute atomic E-state index is 0.00275. The third kappa shape index (κ3) is 3.48. The minimum Gasteiger partial charge on any atom is -0.456 e. The standard InChI is InChI=1S/C18H13N3O5/c19-17(22)12-5-6-13(16(9-12)21(24)25)10-26-18(23)15-8-7-11-3-1-2-4-14(11)20-15/h1-9H,10H2,(H2,19,22). The number of hydrogen-bond acceptors (Lipinski definition) is 6. The number of benzene rings is 2. The van der Waals surface area contributed by atoms with Gasteiger partial charge in [-0.1, -0.05) is 24.3 Å². The van der Waals surface area contributed by atoms with E-state index in [1.54, 1.807) is 18.2 Å². The number of primary amides is 1. The van der Waals surface area contributed by atoms with E-state index < -0.39 is 16.8 Å². The molecule has 8 nitrogen and oxygen atoms in total. The second kappa shape index (κ2) is 6.98. The summed E-state index contributed by atoms with van der Waals surface area (Å²) in [5.74, 6) is -1.49. The van der Waals surface area contributed by atoms with Crippen LogP contribution in [0.1, 0.15) is 26.4 Å². The van der Waals surface area contributed by atoms with Gasteiger partial charge in [0, 0.05) is 17.0 Å². The summed E-state index contributed by atoms with van der Waals surface area (Å²) in [5.41, 5.74) is 5.66. The Hall–Kier alpha value is -3.81. The Bertz CT molecular complexity index is 1030.